The first kappa shape index (κ1) is 19.4. The summed E-state index contributed by atoms with van der Waals surface area (Å²) in [7, 11) is 0. The van der Waals surface area contributed by atoms with E-state index in [1.807, 2.05) is 6.92 Å². The molecule has 0 spiro atoms. The fraction of sp³-hybridized carbons (Fsp3) is 0.450. The average Bonchev–Trinajstić information content (AvgIpc) is 2.50. The van der Waals surface area contributed by atoms with Gasteiger partial charge in [0.15, 0.2) is 5.78 Å². The molecule has 0 atom stereocenters. The second-order valence-electron chi connectivity index (χ2n) is 4.92. The Kier molecular flexibility index (Phi) is 13.6. The maximum atomic E-state index is 11.5. The van der Waals surface area contributed by atoms with Gasteiger partial charge < -0.3 is 0 Å². The molecular weight excluding hydrogens is 256 g/mol. The molecule has 1 heteroatoms. The molecule has 0 aromatic heterocycles. The molecule has 0 N–H and O–H groups in total. The van der Waals surface area contributed by atoms with Gasteiger partial charge in [-0.2, -0.15) is 0 Å². The highest BCUT2D eigenvalue weighted by atomic mass is 16.1. The number of allylic oxidation sites excluding steroid dienone is 9. The van der Waals surface area contributed by atoms with E-state index in [0.717, 1.165) is 44.1 Å². The summed E-state index contributed by atoms with van der Waals surface area (Å²) in [5.41, 5.74) is 0.740. The Balaban J connectivity index is 3.58. The summed E-state index contributed by atoms with van der Waals surface area (Å²) >= 11 is 0. The lowest BCUT2D eigenvalue weighted by Crippen LogP contribution is -1.98. The molecule has 0 bridgehead atoms. The van der Waals surface area contributed by atoms with E-state index >= 15 is 0 Å². The summed E-state index contributed by atoms with van der Waals surface area (Å²) < 4.78 is 0. The standard InChI is InChI=1S/C20H30O/c1-4-6-7-8-9-10-11-12-13-14-15-16-17-18-20(21)19(3)5-2/h6-7,9-10,12-13,15-16H,3-5,8,11,14,17-18H2,1-2H3. The van der Waals surface area contributed by atoms with Crippen LogP contribution in [-0.4, -0.2) is 5.78 Å². The Bertz CT molecular complexity index is 394. The van der Waals surface area contributed by atoms with Crippen LogP contribution in [-0.2, 0) is 4.79 Å². The van der Waals surface area contributed by atoms with Crippen molar-refractivity contribution in [1.82, 2.24) is 0 Å². The van der Waals surface area contributed by atoms with Crippen LogP contribution in [0.25, 0.3) is 0 Å². The monoisotopic (exact) mass is 286 g/mol. The van der Waals surface area contributed by atoms with E-state index in [9.17, 15) is 4.79 Å². The molecule has 0 heterocycles. The molecule has 0 unspecified atom stereocenters. The number of carbonyl (C=O) groups excluding carboxylic acids is 1. The zero-order valence-electron chi connectivity index (χ0n) is 13.7. The summed E-state index contributed by atoms with van der Waals surface area (Å²) in [6, 6.07) is 0. The second kappa shape index (κ2) is 14.8. The number of ketones is 1. The highest BCUT2D eigenvalue weighted by Crippen LogP contribution is 2.05. The lowest BCUT2D eigenvalue weighted by molar-refractivity contribution is -0.115. The van der Waals surface area contributed by atoms with Crippen LogP contribution in [0.3, 0.4) is 0 Å². The topological polar surface area (TPSA) is 17.1 Å². The normalized spacial score (nSPS) is 12.3. The lowest BCUT2D eigenvalue weighted by Gasteiger charge is -1.98. The molecule has 0 aliphatic rings. The van der Waals surface area contributed by atoms with Crippen molar-refractivity contribution >= 4 is 5.78 Å². The third kappa shape index (κ3) is 13.1. The van der Waals surface area contributed by atoms with Crippen molar-refractivity contribution in [2.24, 2.45) is 0 Å². The summed E-state index contributed by atoms with van der Waals surface area (Å²) in [4.78, 5) is 11.5. The number of carbonyl (C=O) groups is 1. The van der Waals surface area contributed by atoms with Crippen LogP contribution in [0.15, 0.2) is 60.8 Å². The fourth-order valence-electron chi connectivity index (χ4n) is 1.69. The van der Waals surface area contributed by atoms with Gasteiger partial charge in [0.2, 0.25) is 0 Å². The Morgan fingerprint density at radius 3 is 1.76 bits per heavy atom. The van der Waals surface area contributed by atoms with E-state index < -0.39 is 0 Å². The van der Waals surface area contributed by atoms with Gasteiger partial charge in [0.05, 0.1) is 0 Å². The number of hydrogen-bond acceptors (Lipinski definition) is 1. The first-order valence-corrected chi connectivity index (χ1v) is 8.03. The third-order valence-corrected chi connectivity index (χ3v) is 3.08. The fourth-order valence-corrected chi connectivity index (χ4v) is 1.69. The van der Waals surface area contributed by atoms with Gasteiger partial charge in [-0.15, -0.1) is 0 Å². The molecule has 0 aromatic rings. The van der Waals surface area contributed by atoms with Crippen molar-refractivity contribution in [1.29, 1.82) is 0 Å². The predicted molar refractivity (Wildman–Crippen MR) is 94.4 cm³/mol. The van der Waals surface area contributed by atoms with E-state index in [1.165, 1.54) is 0 Å². The smallest absolute Gasteiger partial charge is 0.158 e. The van der Waals surface area contributed by atoms with Crippen molar-refractivity contribution < 1.29 is 4.79 Å². The van der Waals surface area contributed by atoms with E-state index in [2.05, 4.69) is 62.1 Å². The molecule has 0 radical (unpaired) electrons. The van der Waals surface area contributed by atoms with Gasteiger partial charge in [0.1, 0.15) is 0 Å². The molecule has 0 amide bonds. The zero-order valence-corrected chi connectivity index (χ0v) is 13.7. The SMILES string of the molecule is C=C(CC)C(=O)CCC=CCC=CCC=CCC=CCC. The van der Waals surface area contributed by atoms with Crippen LogP contribution in [0.4, 0.5) is 0 Å². The van der Waals surface area contributed by atoms with Gasteiger partial charge >= 0.3 is 0 Å². The molecule has 21 heavy (non-hydrogen) atoms. The summed E-state index contributed by atoms with van der Waals surface area (Å²) in [6.45, 7) is 7.87. The lowest BCUT2D eigenvalue weighted by atomic mass is 10.1. The minimum atomic E-state index is 0.194. The van der Waals surface area contributed by atoms with Crippen LogP contribution in [0.1, 0.15) is 58.8 Å². The molecule has 0 fully saturated rings. The highest BCUT2D eigenvalue weighted by Gasteiger charge is 2.02. The van der Waals surface area contributed by atoms with Crippen molar-refractivity contribution in [3.05, 3.63) is 60.8 Å². The maximum absolute atomic E-state index is 11.5. The van der Waals surface area contributed by atoms with E-state index in [1.54, 1.807) is 0 Å². The molecule has 0 aliphatic heterocycles. The highest BCUT2D eigenvalue weighted by molar-refractivity contribution is 5.94. The van der Waals surface area contributed by atoms with Crippen molar-refractivity contribution in [2.45, 2.75) is 58.8 Å². The Labute approximate surface area is 130 Å². The minimum absolute atomic E-state index is 0.194. The third-order valence-electron chi connectivity index (χ3n) is 3.08. The Morgan fingerprint density at radius 1 is 0.810 bits per heavy atom. The van der Waals surface area contributed by atoms with Crippen molar-refractivity contribution in [3.8, 4) is 0 Å². The average molecular weight is 286 g/mol. The molecule has 0 aliphatic carbocycles. The quantitative estimate of drug-likeness (QED) is 0.312. The molecule has 0 saturated carbocycles. The van der Waals surface area contributed by atoms with Gasteiger partial charge in [-0.25, -0.2) is 0 Å². The van der Waals surface area contributed by atoms with Gasteiger partial charge in [-0.3, -0.25) is 4.79 Å². The summed E-state index contributed by atoms with van der Waals surface area (Å²) in [6.07, 6.45) is 23.5. The van der Waals surface area contributed by atoms with Gasteiger partial charge in [-0.05, 0) is 44.1 Å². The second-order valence-corrected chi connectivity index (χ2v) is 4.92. The Morgan fingerprint density at radius 2 is 1.29 bits per heavy atom. The number of rotatable bonds is 12. The van der Waals surface area contributed by atoms with Gasteiger partial charge in [-0.1, -0.05) is 69.0 Å². The molecule has 0 saturated heterocycles. The summed E-state index contributed by atoms with van der Waals surface area (Å²) in [5.74, 6) is 0.194. The van der Waals surface area contributed by atoms with Gasteiger partial charge in [0.25, 0.3) is 0 Å². The van der Waals surface area contributed by atoms with Crippen LogP contribution in [0.2, 0.25) is 0 Å². The zero-order chi connectivity index (χ0) is 15.8. The van der Waals surface area contributed by atoms with Crippen LogP contribution in [0, 0.1) is 0 Å². The van der Waals surface area contributed by atoms with E-state index in [4.69, 9.17) is 0 Å². The number of Topliss-reactive ketones (excluding diaryl/α,β-unsaturated/α-hetero) is 1. The largest absolute Gasteiger partial charge is 0.295 e. The van der Waals surface area contributed by atoms with Crippen LogP contribution in [0.5, 0.6) is 0 Å². The Hall–Kier alpha value is -1.63. The molecule has 0 rings (SSSR count). The molecule has 0 aromatic carbocycles. The van der Waals surface area contributed by atoms with Crippen LogP contribution >= 0.6 is 0 Å². The molecular formula is C20H30O. The van der Waals surface area contributed by atoms with E-state index in [-0.39, 0.29) is 5.78 Å². The van der Waals surface area contributed by atoms with Crippen molar-refractivity contribution in [3.63, 3.8) is 0 Å². The van der Waals surface area contributed by atoms with Gasteiger partial charge in [0, 0.05) is 6.42 Å². The first-order chi connectivity index (χ1) is 10.2. The van der Waals surface area contributed by atoms with Crippen molar-refractivity contribution in [2.75, 3.05) is 0 Å². The first-order valence-electron chi connectivity index (χ1n) is 8.03. The van der Waals surface area contributed by atoms with E-state index in [0.29, 0.717) is 6.42 Å². The maximum Gasteiger partial charge on any atom is 0.158 e. The summed E-state index contributed by atoms with van der Waals surface area (Å²) in [5, 5.41) is 0. The number of hydrogen-bond donors (Lipinski definition) is 0. The molecule has 1 nitrogen and oxygen atoms in total. The minimum Gasteiger partial charge on any atom is -0.295 e. The molecule has 116 valence electrons. The van der Waals surface area contributed by atoms with Crippen LogP contribution < -0.4 is 0 Å². The predicted octanol–water partition coefficient (Wildman–Crippen LogP) is 6.11.